The van der Waals surface area contributed by atoms with Gasteiger partial charge in [-0.1, -0.05) is 0 Å². The number of nitrogens with zero attached hydrogens (tertiary/aromatic N) is 6. The average Bonchev–Trinajstić information content (AvgIpc) is 3.33. The Balaban J connectivity index is 1.77. The third-order valence-electron chi connectivity index (χ3n) is 5.38. The average molecular weight is 460 g/mol. The van der Waals surface area contributed by atoms with Gasteiger partial charge < -0.3 is 14.8 Å². The Bertz CT molecular complexity index is 1320. The van der Waals surface area contributed by atoms with Crippen LogP contribution in [0, 0.1) is 11.3 Å². The predicted molar refractivity (Wildman–Crippen MR) is 126 cm³/mol. The van der Waals surface area contributed by atoms with Crippen LogP contribution in [0.2, 0.25) is 0 Å². The first kappa shape index (κ1) is 22.9. The van der Waals surface area contributed by atoms with Crippen molar-refractivity contribution in [1.29, 1.82) is 5.26 Å². The molecule has 3 heterocycles. The molecule has 10 heteroatoms. The number of nitriles is 1. The highest BCUT2D eigenvalue weighted by atomic mass is 16.6. The summed E-state index contributed by atoms with van der Waals surface area (Å²) in [7, 11) is 1.81. The van der Waals surface area contributed by atoms with Crippen LogP contribution in [0.25, 0.3) is 11.3 Å². The lowest BCUT2D eigenvalue weighted by atomic mass is 9.84. The van der Waals surface area contributed by atoms with Crippen molar-refractivity contribution in [1.82, 2.24) is 19.7 Å². The zero-order chi connectivity index (χ0) is 24.7. The van der Waals surface area contributed by atoms with Gasteiger partial charge in [0.15, 0.2) is 5.82 Å². The van der Waals surface area contributed by atoms with Gasteiger partial charge in [0.25, 0.3) is 0 Å². The molecule has 0 spiro atoms. The third-order valence-corrected chi connectivity index (χ3v) is 5.38. The van der Waals surface area contributed by atoms with Gasteiger partial charge >= 0.3 is 6.09 Å². The van der Waals surface area contributed by atoms with E-state index in [1.54, 1.807) is 76.1 Å². The number of hydrogen-bond acceptors (Lipinski definition) is 8. The van der Waals surface area contributed by atoms with Crippen LogP contribution in [0.4, 0.5) is 22.2 Å². The number of rotatable bonds is 4. The topological polar surface area (TPSA) is 126 Å². The molecule has 0 fully saturated rings. The number of fused-ring (bicyclic) bond motifs is 1. The van der Waals surface area contributed by atoms with Gasteiger partial charge in [-0.2, -0.15) is 10.4 Å². The van der Waals surface area contributed by atoms with E-state index >= 15 is 0 Å². The number of aldehydes is 1. The standard InChI is InChI=1S/C24H25N7O3/c1-23(2,3)34-22(33)31-13-24(4,14-32)17-11-15(10-16(12-25)20(17)31)18-6-8-26-21(27-18)28-19-7-9-30(5)29-19/h6-11,14H,13H2,1-5H3,(H,26,27,28,29)/t24-/m1/s1. The molecule has 1 N–H and O–H groups in total. The molecular formula is C24H25N7O3. The Kier molecular flexibility index (Phi) is 5.57. The number of nitrogens with one attached hydrogen (secondary N) is 1. The number of carbonyl (C=O) groups is 2. The molecule has 4 rings (SSSR count). The maximum absolute atomic E-state index is 12.9. The maximum atomic E-state index is 12.9. The lowest BCUT2D eigenvalue weighted by Gasteiger charge is -2.26. The minimum absolute atomic E-state index is 0.0785. The van der Waals surface area contributed by atoms with Crippen LogP contribution in [0.3, 0.4) is 0 Å². The van der Waals surface area contributed by atoms with Crippen molar-refractivity contribution in [2.24, 2.45) is 7.05 Å². The molecule has 0 unspecified atom stereocenters. The number of amides is 1. The second kappa shape index (κ2) is 8.26. The minimum Gasteiger partial charge on any atom is -0.443 e. The van der Waals surface area contributed by atoms with Crippen molar-refractivity contribution in [2.45, 2.75) is 38.7 Å². The first-order valence-corrected chi connectivity index (χ1v) is 10.7. The second-order valence-corrected chi connectivity index (χ2v) is 9.40. The van der Waals surface area contributed by atoms with E-state index in [-0.39, 0.29) is 12.1 Å². The number of hydrogen-bond donors (Lipinski definition) is 1. The lowest BCUT2D eigenvalue weighted by Crippen LogP contribution is -2.39. The molecule has 10 nitrogen and oxygen atoms in total. The van der Waals surface area contributed by atoms with Crippen molar-refractivity contribution < 1.29 is 14.3 Å². The summed E-state index contributed by atoms with van der Waals surface area (Å²) >= 11 is 0. The molecule has 1 aromatic carbocycles. The Labute approximate surface area is 197 Å². The number of aryl methyl sites for hydroxylation is 1. The molecule has 0 saturated heterocycles. The summed E-state index contributed by atoms with van der Waals surface area (Å²) < 4.78 is 7.19. The van der Waals surface area contributed by atoms with Crippen LogP contribution in [-0.2, 0) is 22.0 Å². The maximum Gasteiger partial charge on any atom is 0.414 e. The molecule has 0 saturated carbocycles. The van der Waals surface area contributed by atoms with E-state index in [1.165, 1.54) is 4.90 Å². The van der Waals surface area contributed by atoms with Crippen molar-refractivity contribution >= 4 is 29.8 Å². The number of carbonyl (C=O) groups excluding carboxylic acids is 2. The van der Waals surface area contributed by atoms with Crippen molar-refractivity contribution in [3.05, 3.63) is 47.8 Å². The van der Waals surface area contributed by atoms with Crippen molar-refractivity contribution in [3.63, 3.8) is 0 Å². The monoisotopic (exact) mass is 459 g/mol. The molecular weight excluding hydrogens is 434 g/mol. The molecule has 1 aliphatic rings. The smallest absolute Gasteiger partial charge is 0.414 e. The molecule has 1 amide bonds. The van der Waals surface area contributed by atoms with Crippen LogP contribution < -0.4 is 10.2 Å². The Hall–Kier alpha value is -4.26. The molecule has 0 bridgehead atoms. The van der Waals surface area contributed by atoms with E-state index in [9.17, 15) is 14.9 Å². The summed E-state index contributed by atoms with van der Waals surface area (Å²) in [5.41, 5.74) is 0.661. The van der Waals surface area contributed by atoms with Crippen LogP contribution in [-0.4, -0.2) is 44.3 Å². The molecule has 34 heavy (non-hydrogen) atoms. The quantitative estimate of drug-likeness (QED) is 0.585. The van der Waals surface area contributed by atoms with Crippen molar-refractivity contribution in [3.8, 4) is 17.3 Å². The van der Waals surface area contributed by atoms with Crippen LogP contribution in [0.5, 0.6) is 0 Å². The number of aromatic nitrogens is 4. The van der Waals surface area contributed by atoms with Crippen molar-refractivity contribution in [2.75, 3.05) is 16.8 Å². The van der Waals surface area contributed by atoms with Gasteiger partial charge in [0.2, 0.25) is 5.95 Å². The number of benzene rings is 1. The summed E-state index contributed by atoms with van der Waals surface area (Å²) in [6, 6.07) is 9.12. The van der Waals surface area contributed by atoms with Gasteiger partial charge in [-0.05, 0) is 51.5 Å². The molecule has 2 aromatic heterocycles. The fourth-order valence-corrected chi connectivity index (χ4v) is 3.84. The van der Waals surface area contributed by atoms with Gasteiger partial charge in [-0.15, -0.1) is 0 Å². The van der Waals surface area contributed by atoms with E-state index in [0.29, 0.717) is 34.3 Å². The number of ether oxygens (including phenoxy) is 1. The number of anilines is 3. The largest absolute Gasteiger partial charge is 0.443 e. The molecule has 0 radical (unpaired) electrons. The van der Waals surface area contributed by atoms with Gasteiger partial charge in [0.05, 0.1) is 22.4 Å². The van der Waals surface area contributed by atoms with Gasteiger partial charge in [-0.25, -0.2) is 14.8 Å². The zero-order valence-electron chi connectivity index (χ0n) is 19.7. The third kappa shape index (κ3) is 4.32. The van der Waals surface area contributed by atoms with Crippen LogP contribution in [0.1, 0.15) is 38.8 Å². The summed E-state index contributed by atoms with van der Waals surface area (Å²) in [5, 5.41) is 17.2. The Morgan fingerprint density at radius 3 is 2.71 bits per heavy atom. The summed E-state index contributed by atoms with van der Waals surface area (Å²) in [6.45, 7) is 7.11. The van der Waals surface area contributed by atoms with E-state index in [0.717, 1.165) is 6.29 Å². The summed E-state index contributed by atoms with van der Waals surface area (Å²) in [6.07, 6.45) is 3.59. The fraction of sp³-hybridized carbons (Fsp3) is 0.333. The highest BCUT2D eigenvalue weighted by molar-refractivity contribution is 5.98. The van der Waals surface area contributed by atoms with E-state index in [4.69, 9.17) is 4.74 Å². The second-order valence-electron chi connectivity index (χ2n) is 9.40. The molecule has 1 atom stereocenters. The molecule has 1 aliphatic heterocycles. The molecule has 0 aliphatic carbocycles. The van der Waals surface area contributed by atoms with E-state index < -0.39 is 17.1 Å². The highest BCUT2D eigenvalue weighted by Gasteiger charge is 2.44. The van der Waals surface area contributed by atoms with E-state index in [1.807, 2.05) is 0 Å². The van der Waals surface area contributed by atoms with Gasteiger partial charge in [0, 0.05) is 37.6 Å². The minimum atomic E-state index is -1.00. The van der Waals surface area contributed by atoms with Crippen LogP contribution in [0.15, 0.2) is 36.7 Å². The normalized spacial score (nSPS) is 17.1. The summed E-state index contributed by atoms with van der Waals surface area (Å²) in [4.78, 5) is 35.2. The van der Waals surface area contributed by atoms with E-state index in [2.05, 4.69) is 26.5 Å². The van der Waals surface area contributed by atoms with Gasteiger partial charge in [-0.3, -0.25) is 9.58 Å². The Morgan fingerprint density at radius 2 is 2.09 bits per heavy atom. The lowest BCUT2D eigenvalue weighted by molar-refractivity contribution is -0.111. The highest BCUT2D eigenvalue weighted by Crippen LogP contribution is 2.44. The Morgan fingerprint density at radius 1 is 1.32 bits per heavy atom. The fourth-order valence-electron chi connectivity index (χ4n) is 3.84. The van der Waals surface area contributed by atoms with Gasteiger partial charge in [0.1, 0.15) is 18.0 Å². The van der Waals surface area contributed by atoms with Crippen LogP contribution >= 0.6 is 0 Å². The summed E-state index contributed by atoms with van der Waals surface area (Å²) in [5.74, 6) is 0.927. The first-order chi connectivity index (χ1) is 16.0. The predicted octanol–water partition coefficient (Wildman–Crippen LogP) is 3.70. The molecule has 174 valence electrons. The first-order valence-electron chi connectivity index (χ1n) is 10.7. The SMILES string of the molecule is Cn1ccc(Nc2nccc(-c3cc(C#N)c4c(c3)[C@@](C)(C=O)CN4C(=O)OC(C)(C)C)n2)n1. The molecule has 3 aromatic rings. The zero-order valence-corrected chi connectivity index (χ0v) is 19.7.